The highest BCUT2D eigenvalue weighted by atomic mass is 79.9. The van der Waals surface area contributed by atoms with Gasteiger partial charge in [-0.1, -0.05) is 15.9 Å². The summed E-state index contributed by atoms with van der Waals surface area (Å²) in [7, 11) is 3.63. The Morgan fingerprint density at radius 3 is 2.94 bits per heavy atom. The van der Waals surface area contributed by atoms with Gasteiger partial charge < -0.3 is 15.0 Å². The molecule has 2 rings (SSSR count). The fourth-order valence-corrected chi connectivity index (χ4v) is 2.51. The van der Waals surface area contributed by atoms with Gasteiger partial charge in [-0.25, -0.2) is 0 Å². The van der Waals surface area contributed by atoms with Gasteiger partial charge in [0.25, 0.3) is 5.91 Å². The van der Waals surface area contributed by atoms with E-state index in [2.05, 4.69) is 33.2 Å². The molecule has 1 fully saturated rings. The van der Waals surface area contributed by atoms with Crippen molar-refractivity contribution in [1.29, 1.82) is 0 Å². The highest BCUT2D eigenvalue weighted by Crippen LogP contribution is 2.23. The average molecular weight is 313 g/mol. The maximum Gasteiger partial charge on any atom is 0.255 e. The zero-order valence-electron chi connectivity index (χ0n) is 10.6. The first-order valence-corrected chi connectivity index (χ1v) is 6.72. The minimum absolute atomic E-state index is 0.0698. The average Bonchev–Trinajstić information content (AvgIpc) is 2.74. The maximum atomic E-state index is 12.2. The van der Waals surface area contributed by atoms with E-state index < -0.39 is 0 Å². The standard InChI is InChI=1S/C13H17BrN2O2/c1-16-6-5-10(8-16)15-13(17)11-4-3-9(14)7-12(11)18-2/h3-4,7,10H,5-6,8H2,1-2H3,(H,15,17). The molecule has 1 amide bonds. The fourth-order valence-electron chi connectivity index (χ4n) is 2.17. The molecule has 1 atom stereocenters. The van der Waals surface area contributed by atoms with Crippen LogP contribution in [0, 0.1) is 0 Å². The third-order valence-electron chi connectivity index (χ3n) is 3.13. The first-order valence-electron chi connectivity index (χ1n) is 5.93. The number of rotatable bonds is 3. The Morgan fingerprint density at radius 1 is 1.56 bits per heavy atom. The molecule has 18 heavy (non-hydrogen) atoms. The summed E-state index contributed by atoms with van der Waals surface area (Å²) in [5.74, 6) is 0.521. The van der Waals surface area contributed by atoms with Crippen LogP contribution >= 0.6 is 15.9 Å². The van der Waals surface area contributed by atoms with Gasteiger partial charge in [0, 0.05) is 17.1 Å². The molecule has 0 spiro atoms. The zero-order chi connectivity index (χ0) is 13.1. The maximum absolute atomic E-state index is 12.2. The van der Waals surface area contributed by atoms with Gasteiger partial charge in [-0.3, -0.25) is 4.79 Å². The van der Waals surface area contributed by atoms with Crippen molar-refractivity contribution in [3.8, 4) is 5.75 Å². The molecule has 0 aliphatic carbocycles. The molecule has 5 heteroatoms. The Labute approximate surface area is 115 Å². The number of hydrogen-bond donors (Lipinski definition) is 1. The van der Waals surface area contributed by atoms with Gasteiger partial charge in [0.1, 0.15) is 5.75 Å². The van der Waals surface area contributed by atoms with Gasteiger partial charge in [0.2, 0.25) is 0 Å². The molecule has 1 aliphatic rings. The Hall–Kier alpha value is -1.07. The Morgan fingerprint density at radius 2 is 2.33 bits per heavy atom. The van der Waals surface area contributed by atoms with Crippen LogP contribution in [0.2, 0.25) is 0 Å². The first kappa shape index (κ1) is 13.4. The second-order valence-electron chi connectivity index (χ2n) is 4.57. The van der Waals surface area contributed by atoms with E-state index >= 15 is 0 Å². The number of benzene rings is 1. The molecule has 0 bridgehead atoms. The smallest absolute Gasteiger partial charge is 0.255 e. The third-order valence-corrected chi connectivity index (χ3v) is 3.63. The minimum atomic E-state index is -0.0698. The van der Waals surface area contributed by atoms with Gasteiger partial charge in [-0.05, 0) is 38.2 Å². The van der Waals surface area contributed by atoms with Crippen molar-refractivity contribution in [2.75, 3.05) is 27.2 Å². The molecule has 1 aliphatic heterocycles. The summed E-state index contributed by atoms with van der Waals surface area (Å²) in [6.07, 6.45) is 1.00. The molecule has 98 valence electrons. The molecular weight excluding hydrogens is 296 g/mol. The number of nitrogens with zero attached hydrogens (tertiary/aromatic N) is 1. The predicted octanol–water partition coefficient (Wildman–Crippen LogP) is 1.89. The van der Waals surface area contributed by atoms with Crippen molar-refractivity contribution >= 4 is 21.8 Å². The van der Waals surface area contributed by atoms with Crippen LogP contribution in [0.4, 0.5) is 0 Å². The lowest BCUT2D eigenvalue weighted by molar-refractivity contribution is 0.0935. The number of amides is 1. The molecule has 0 radical (unpaired) electrons. The molecule has 1 saturated heterocycles. The number of halogens is 1. The van der Waals surface area contributed by atoms with Crippen LogP contribution in [0.1, 0.15) is 16.8 Å². The first-order chi connectivity index (χ1) is 8.60. The summed E-state index contributed by atoms with van der Waals surface area (Å²) in [6, 6.07) is 5.65. The van der Waals surface area contributed by atoms with Crippen molar-refractivity contribution in [3.05, 3.63) is 28.2 Å². The molecule has 0 saturated carbocycles. The summed E-state index contributed by atoms with van der Waals surface area (Å²) in [5.41, 5.74) is 0.579. The van der Waals surface area contributed by atoms with Crippen molar-refractivity contribution < 1.29 is 9.53 Å². The van der Waals surface area contributed by atoms with Crippen molar-refractivity contribution in [3.63, 3.8) is 0 Å². The molecule has 1 aromatic rings. The molecule has 1 N–H and O–H groups in total. The molecule has 1 aromatic carbocycles. The Bertz CT molecular complexity index is 451. The largest absolute Gasteiger partial charge is 0.496 e. The van der Waals surface area contributed by atoms with Crippen LogP contribution in [0.5, 0.6) is 5.75 Å². The molecular formula is C13H17BrN2O2. The number of ether oxygens (including phenoxy) is 1. The Balaban J connectivity index is 2.09. The monoisotopic (exact) mass is 312 g/mol. The van der Waals surface area contributed by atoms with Gasteiger partial charge in [-0.15, -0.1) is 0 Å². The summed E-state index contributed by atoms with van der Waals surface area (Å²) in [5, 5.41) is 3.04. The van der Waals surface area contributed by atoms with Crippen LogP contribution in [0.25, 0.3) is 0 Å². The lowest BCUT2D eigenvalue weighted by Crippen LogP contribution is -2.36. The topological polar surface area (TPSA) is 41.6 Å². The fraction of sp³-hybridized carbons (Fsp3) is 0.462. The number of carbonyl (C=O) groups is 1. The number of likely N-dealkylation sites (N-methyl/N-ethyl adjacent to an activating group) is 1. The van der Waals surface area contributed by atoms with Crippen LogP contribution in [-0.2, 0) is 0 Å². The molecule has 0 aromatic heterocycles. The Kier molecular flexibility index (Phi) is 4.24. The van der Waals surface area contributed by atoms with E-state index in [-0.39, 0.29) is 11.9 Å². The summed E-state index contributed by atoms with van der Waals surface area (Å²) in [6.45, 7) is 1.94. The van der Waals surface area contributed by atoms with E-state index in [1.54, 1.807) is 19.2 Å². The summed E-state index contributed by atoms with van der Waals surface area (Å²) < 4.78 is 6.13. The lowest BCUT2D eigenvalue weighted by Gasteiger charge is -2.14. The normalized spacial score (nSPS) is 19.8. The van der Waals surface area contributed by atoms with Crippen LogP contribution in [0.3, 0.4) is 0 Å². The minimum Gasteiger partial charge on any atom is -0.496 e. The molecule has 4 nitrogen and oxygen atoms in total. The number of methoxy groups -OCH3 is 1. The highest BCUT2D eigenvalue weighted by molar-refractivity contribution is 9.10. The SMILES string of the molecule is COc1cc(Br)ccc1C(=O)NC1CCN(C)C1. The zero-order valence-corrected chi connectivity index (χ0v) is 12.2. The van der Waals surface area contributed by atoms with E-state index in [0.717, 1.165) is 24.0 Å². The van der Waals surface area contributed by atoms with Gasteiger partial charge in [-0.2, -0.15) is 0 Å². The number of carbonyl (C=O) groups excluding carboxylic acids is 1. The third kappa shape index (κ3) is 3.03. The molecule has 1 unspecified atom stereocenters. The van der Waals surface area contributed by atoms with Crippen molar-refractivity contribution in [2.45, 2.75) is 12.5 Å². The van der Waals surface area contributed by atoms with Gasteiger partial charge >= 0.3 is 0 Å². The highest BCUT2D eigenvalue weighted by Gasteiger charge is 2.22. The number of nitrogens with one attached hydrogen (secondary N) is 1. The van der Waals surface area contributed by atoms with Crippen LogP contribution in [0.15, 0.2) is 22.7 Å². The van der Waals surface area contributed by atoms with E-state index in [9.17, 15) is 4.79 Å². The molecule has 1 heterocycles. The van der Waals surface area contributed by atoms with E-state index in [1.807, 2.05) is 6.07 Å². The van der Waals surface area contributed by atoms with Crippen LogP contribution in [-0.4, -0.2) is 44.1 Å². The van der Waals surface area contributed by atoms with Crippen molar-refractivity contribution in [1.82, 2.24) is 10.2 Å². The van der Waals surface area contributed by atoms with Crippen molar-refractivity contribution in [2.24, 2.45) is 0 Å². The number of likely N-dealkylation sites (tertiary alicyclic amines) is 1. The summed E-state index contributed by atoms with van der Waals surface area (Å²) in [4.78, 5) is 14.4. The van der Waals surface area contributed by atoms with Crippen LogP contribution < -0.4 is 10.1 Å². The predicted molar refractivity (Wildman–Crippen MR) is 74.1 cm³/mol. The summed E-state index contributed by atoms with van der Waals surface area (Å²) >= 11 is 3.36. The van der Waals surface area contributed by atoms with Gasteiger partial charge in [0.15, 0.2) is 0 Å². The quantitative estimate of drug-likeness (QED) is 0.926. The van der Waals surface area contributed by atoms with E-state index in [0.29, 0.717) is 11.3 Å². The van der Waals surface area contributed by atoms with E-state index in [1.165, 1.54) is 0 Å². The second-order valence-corrected chi connectivity index (χ2v) is 5.48. The van der Waals surface area contributed by atoms with E-state index in [4.69, 9.17) is 4.74 Å². The second kappa shape index (κ2) is 5.71. The lowest BCUT2D eigenvalue weighted by atomic mass is 10.1. The van der Waals surface area contributed by atoms with Gasteiger partial charge in [0.05, 0.1) is 12.7 Å². The number of hydrogen-bond acceptors (Lipinski definition) is 3.